The molecule has 1 aromatic rings. The van der Waals surface area contributed by atoms with Crippen molar-refractivity contribution in [3.63, 3.8) is 0 Å². The molecule has 2 N–H and O–H groups in total. The molecule has 2 aliphatic rings. The van der Waals surface area contributed by atoms with Crippen molar-refractivity contribution in [3.05, 3.63) is 29.8 Å². The van der Waals surface area contributed by atoms with Crippen molar-refractivity contribution in [2.75, 3.05) is 19.0 Å². The summed E-state index contributed by atoms with van der Waals surface area (Å²) in [5, 5.41) is 0. The minimum atomic E-state index is -0.282. The van der Waals surface area contributed by atoms with Crippen LogP contribution in [0, 0.1) is 17.8 Å². The van der Waals surface area contributed by atoms with Crippen molar-refractivity contribution >= 4 is 17.5 Å². The summed E-state index contributed by atoms with van der Waals surface area (Å²) >= 11 is 0. The number of nitrogens with zero attached hydrogens (tertiary/aromatic N) is 1. The molecule has 3 atom stereocenters. The summed E-state index contributed by atoms with van der Waals surface area (Å²) in [6.45, 7) is 0. The number of carbonyl (C=O) groups excluding carboxylic acids is 2. The average Bonchev–Trinajstić information content (AvgIpc) is 3.15. The third-order valence-electron chi connectivity index (χ3n) is 5.27. The van der Waals surface area contributed by atoms with Gasteiger partial charge in [-0.3, -0.25) is 20.4 Å². The van der Waals surface area contributed by atoms with E-state index in [2.05, 4.69) is 10.9 Å². The summed E-state index contributed by atoms with van der Waals surface area (Å²) in [6, 6.07) is 7.31. The van der Waals surface area contributed by atoms with Crippen LogP contribution in [0.15, 0.2) is 24.3 Å². The van der Waals surface area contributed by atoms with Crippen LogP contribution in [0.4, 0.5) is 5.69 Å². The van der Waals surface area contributed by atoms with Crippen LogP contribution < -0.4 is 15.8 Å². The Morgan fingerprint density at radius 3 is 2.65 bits per heavy atom. The Morgan fingerprint density at radius 2 is 2.00 bits per heavy atom. The Bertz CT molecular complexity index is 600. The van der Waals surface area contributed by atoms with E-state index in [1.807, 2.05) is 31.1 Å². The second kappa shape index (κ2) is 6.60. The van der Waals surface area contributed by atoms with Crippen molar-refractivity contribution < 1.29 is 9.59 Å². The van der Waals surface area contributed by atoms with E-state index in [0.29, 0.717) is 17.9 Å². The van der Waals surface area contributed by atoms with Crippen LogP contribution in [0.3, 0.4) is 0 Å². The van der Waals surface area contributed by atoms with Crippen LogP contribution >= 0.6 is 0 Å². The van der Waals surface area contributed by atoms with Gasteiger partial charge in [-0.25, -0.2) is 0 Å². The molecule has 2 bridgehead atoms. The van der Waals surface area contributed by atoms with Gasteiger partial charge in [0.15, 0.2) is 0 Å². The lowest BCUT2D eigenvalue weighted by molar-refractivity contribution is -0.123. The molecule has 5 nitrogen and oxygen atoms in total. The Balaban J connectivity index is 1.48. The van der Waals surface area contributed by atoms with E-state index in [-0.39, 0.29) is 11.8 Å². The highest BCUT2D eigenvalue weighted by molar-refractivity contribution is 5.96. The van der Waals surface area contributed by atoms with Crippen LogP contribution in [-0.2, 0) is 4.79 Å². The van der Waals surface area contributed by atoms with Gasteiger partial charge in [0.05, 0.1) is 0 Å². The van der Waals surface area contributed by atoms with Crippen LogP contribution in [0.25, 0.3) is 0 Å². The van der Waals surface area contributed by atoms with Gasteiger partial charge in [-0.15, -0.1) is 0 Å². The van der Waals surface area contributed by atoms with Crippen molar-refractivity contribution in [2.45, 2.75) is 32.1 Å². The highest BCUT2D eigenvalue weighted by Gasteiger charge is 2.40. The molecule has 2 saturated carbocycles. The lowest BCUT2D eigenvalue weighted by Crippen LogP contribution is -2.42. The van der Waals surface area contributed by atoms with Crippen molar-refractivity contribution in [1.29, 1.82) is 0 Å². The standard InChI is InChI=1S/C18H25N3O2/c1-21(2)16-5-3-4-14(10-16)18(23)20-19-17(22)11-15-9-12-6-7-13(15)8-12/h3-5,10,12-13,15H,6-9,11H2,1-2H3,(H,19,22)(H,20,23)/t12-,13+,15-/m0/s1. The normalized spacial score (nSPS) is 25.2. The largest absolute Gasteiger partial charge is 0.378 e. The number of hydrogen-bond acceptors (Lipinski definition) is 3. The maximum atomic E-state index is 12.1. The summed E-state index contributed by atoms with van der Waals surface area (Å²) < 4.78 is 0. The van der Waals surface area contributed by atoms with E-state index in [0.717, 1.165) is 17.5 Å². The number of amides is 2. The molecule has 124 valence electrons. The Kier molecular flexibility index (Phi) is 4.55. The molecule has 2 amide bonds. The lowest BCUT2D eigenvalue weighted by atomic mass is 9.86. The summed E-state index contributed by atoms with van der Waals surface area (Å²) in [5.74, 6) is 1.69. The summed E-state index contributed by atoms with van der Waals surface area (Å²) in [6.07, 6.45) is 5.60. The molecule has 0 aromatic heterocycles. The summed E-state index contributed by atoms with van der Waals surface area (Å²) in [5.41, 5.74) is 6.58. The van der Waals surface area contributed by atoms with Crippen molar-refractivity contribution in [1.82, 2.24) is 10.9 Å². The van der Waals surface area contributed by atoms with Crippen LogP contribution in [0.2, 0.25) is 0 Å². The number of anilines is 1. The predicted molar refractivity (Wildman–Crippen MR) is 89.9 cm³/mol. The molecule has 5 heteroatoms. The zero-order chi connectivity index (χ0) is 16.4. The molecule has 0 aliphatic heterocycles. The number of nitrogens with one attached hydrogen (secondary N) is 2. The van der Waals surface area contributed by atoms with E-state index in [1.54, 1.807) is 12.1 Å². The van der Waals surface area contributed by atoms with Crippen LogP contribution in [0.1, 0.15) is 42.5 Å². The first kappa shape index (κ1) is 15.8. The fourth-order valence-corrected chi connectivity index (χ4v) is 4.04. The van der Waals surface area contributed by atoms with Gasteiger partial charge in [0, 0.05) is 31.8 Å². The van der Waals surface area contributed by atoms with Gasteiger partial charge in [0.25, 0.3) is 5.91 Å². The highest BCUT2D eigenvalue weighted by Crippen LogP contribution is 2.49. The minimum Gasteiger partial charge on any atom is -0.378 e. The third-order valence-corrected chi connectivity index (χ3v) is 5.27. The SMILES string of the molecule is CN(C)c1cccc(C(=O)NNC(=O)C[C@@H]2C[C@H]3CC[C@@H]2C3)c1. The number of fused-ring (bicyclic) bond motifs is 2. The number of hydrazine groups is 1. The number of carbonyl (C=O) groups is 2. The maximum Gasteiger partial charge on any atom is 0.269 e. The fraction of sp³-hybridized carbons (Fsp3) is 0.556. The molecule has 2 fully saturated rings. The lowest BCUT2D eigenvalue weighted by Gasteiger charge is -2.21. The Labute approximate surface area is 137 Å². The molecule has 0 unspecified atom stereocenters. The topological polar surface area (TPSA) is 61.4 Å². The fourth-order valence-electron chi connectivity index (χ4n) is 4.04. The predicted octanol–water partition coefficient (Wildman–Crippen LogP) is 2.34. The minimum absolute atomic E-state index is 0.0836. The second-order valence-corrected chi connectivity index (χ2v) is 7.09. The van der Waals surface area contributed by atoms with Crippen LogP contribution in [-0.4, -0.2) is 25.9 Å². The zero-order valence-electron chi connectivity index (χ0n) is 13.8. The van der Waals surface area contributed by atoms with E-state index < -0.39 is 0 Å². The molecular weight excluding hydrogens is 290 g/mol. The summed E-state index contributed by atoms with van der Waals surface area (Å²) in [4.78, 5) is 26.1. The Hall–Kier alpha value is -2.04. The Morgan fingerprint density at radius 1 is 1.17 bits per heavy atom. The molecule has 3 rings (SSSR count). The van der Waals surface area contributed by atoms with Gasteiger partial charge >= 0.3 is 0 Å². The monoisotopic (exact) mass is 315 g/mol. The second-order valence-electron chi connectivity index (χ2n) is 7.09. The molecule has 0 spiro atoms. The number of rotatable bonds is 4. The zero-order valence-corrected chi connectivity index (χ0v) is 13.8. The van der Waals surface area contributed by atoms with E-state index in [1.165, 1.54) is 25.7 Å². The van der Waals surface area contributed by atoms with Gasteiger partial charge in [-0.2, -0.15) is 0 Å². The van der Waals surface area contributed by atoms with Gasteiger partial charge < -0.3 is 4.90 Å². The maximum absolute atomic E-state index is 12.1. The van der Waals surface area contributed by atoms with Crippen molar-refractivity contribution in [3.8, 4) is 0 Å². The third kappa shape index (κ3) is 3.66. The number of benzene rings is 1. The molecule has 2 aliphatic carbocycles. The van der Waals surface area contributed by atoms with Crippen molar-refractivity contribution in [2.24, 2.45) is 17.8 Å². The quantitative estimate of drug-likeness (QED) is 0.838. The van der Waals surface area contributed by atoms with Gasteiger partial charge in [0.2, 0.25) is 5.91 Å². The highest BCUT2D eigenvalue weighted by atomic mass is 16.2. The molecular formula is C18H25N3O2. The van der Waals surface area contributed by atoms with Crippen LogP contribution in [0.5, 0.6) is 0 Å². The van der Waals surface area contributed by atoms with Gasteiger partial charge in [-0.1, -0.05) is 12.5 Å². The first-order valence-electron chi connectivity index (χ1n) is 8.39. The van der Waals surface area contributed by atoms with E-state index in [9.17, 15) is 9.59 Å². The molecule has 0 radical (unpaired) electrons. The first-order chi connectivity index (χ1) is 11.0. The van der Waals surface area contributed by atoms with Gasteiger partial charge in [0.1, 0.15) is 0 Å². The molecule has 0 saturated heterocycles. The first-order valence-corrected chi connectivity index (χ1v) is 8.39. The molecule has 0 heterocycles. The van der Waals surface area contributed by atoms with E-state index >= 15 is 0 Å². The molecule has 23 heavy (non-hydrogen) atoms. The molecule has 1 aromatic carbocycles. The van der Waals surface area contributed by atoms with Gasteiger partial charge in [-0.05, 0) is 55.2 Å². The smallest absolute Gasteiger partial charge is 0.269 e. The average molecular weight is 315 g/mol. The van der Waals surface area contributed by atoms with E-state index in [4.69, 9.17) is 0 Å². The summed E-state index contributed by atoms with van der Waals surface area (Å²) in [7, 11) is 3.85. The number of hydrogen-bond donors (Lipinski definition) is 2.